The second-order valence-electron chi connectivity index (χ2n) is 5.29. The minimum absolute atomic E-state index is 0.00420. The fraction of sp³-hybridized carbons (Fsp3) is 0.176. The number of nitrogens with one attached hydrogen (secondary N) is 1. The van der Waals surface area contributed by atoms with E-state index in [1.165, 1.54) is 4.57 Å². The number of aryl methyl sites for hydroxylation is 1. The zero-order valence-corrected chi connectivity index (χ0v) is 14.1. The Morgan fingerprint density at radius 2 is 2.13 bits per heavy atom. The van der Waals surface area contributed by atoms with Crippen LogP contribution in [0.25, 0.3) is 10.1 Å². The molecule has 1 N–H and O–H groups in total. The van der Waals surface area contributed by atoms with Crippen molar-refractivity contribution in [2.45, 2.75) is 20.0 Å². The number of nitrogens with zero attached hydrogens (tertiary/aromatic N) is 1. The number of aromatic nitrogens is 1. The topological polar surface area (TPSA) is 51.1 Å². The molecule has 6 heteroatoms. The Balaban J connectivity index is 1.70. The molecule has 0 atom stereocenters. The maximum atomic E-state index is 12.4. The maximum absolute atomic E-state index is 12.4. The predicted molar refractivity (Wildman–Crippen MR) is 94.1 cm³/mol. The highest BCUT2D eigenvalue weighted by Crippen LogP contribution is 2.21. The number of carbonyl (C=O) groups excluding carboxylic acids is 1. The van der Waals surface area contributed by atoms with Crippen molar-refractivity contribution < 1.29 is 4.79 Å². The van der Waals surface area contributed by atoms with Gasteiger partial charge in [-0.25, -0.2) is 0 Å². The Bertz CT molecular complexity index is 930. The van der Waals surface area contributed by atoms with Crippen molar-refractivity contribution in [3.63, 3.8) is 0 Å². The molecule has 2 aromatic heterocycles. The Morgan fingerprint density at radius 1 is 1.30 bits per heavy atom. The number of carbonyl (C=O) groups is 1. The van der Waals surface area contributed by atoms with Gasteiger partial charge in [-0.05, 0) is 36.8 Å². The van der Waals surface area contributed by atoms with Crippen LogP contribution < -0.4 is 10.9 Å². The molecule has 0 saturated heterocycles. The van der Waals surface area contributed by atoms with Crippen molar-refractivity contribution in [1.29, 1.82) is 0 Å². The number of amides is 1. The third-order valence-electron chi connectivity index (χ3n) is 3.47. The molecule has 0 aliphatic carbocycles. The molecule has 3 rings (SSSR count). The second kappa shape index (κ2) is 6.56. The van der Waals surface area contributed by atoms with Gasteiger partial charge in [-0.15, -0.1) is 11.3 Å². The van der Waals surface area contributed by atoms with Crippen molar-refractivity contribution >= 4 is 38.9 Å². The average molecular weight is 347 g/mol. The van der Waals surface area contributed by atoms with Gasteiger partial charge < -0.3 is 9.88 Å². The van der Waals surface area contributed by atoms with Crippen LogP contribution in [0.2, 0.25) is 5.02 Å². The highest BCUT2D eigenvalue weighted by molar-refractivity contribution is 7.18. The van der Waals surface area contributed by atoms with Crippen molar-refractivity contribution in [2.75, 3.05) is 0 Å². The number of fused-ring (bicyclic) bond motifs is 1. The van der Waals surface area contributed by atoms with Crippen LogP contribution in [0.5, 0.6) is 0 Å². The molecule has 0 spiro atoms. The summed E-state index contributed by atoms with van der Waals surface area (Å²) >= 11 is 7.49. The first-order chi connectivity index (χ1) is 11.0. The minimum Gasteiger partial charge on any atom is -0.350 e. The number of thiophene rings is 1. The Labute approximate surface area is 142 Å². The van der Waals surface area contributed by atoms with E-state index in [1.54, 1.807) is 29.7 Å². The van der Waals surface area contributed by atoms with Gasteiger partial charge in [-0.1, -0.05) is 23.7 Å². The van der Waals surface area contributed by atoms with Gasteiger partial charge in [0.2, 0.25) is 5.91 Å². The zero-order valence-electron chi connectivity index (χ0n) is 12.5. The highest BCUT2D eigenvalue weighted by atomic mass is 35.5. The van der Waals surface area contributed by atoms with Crippen LogP contribution in [0.4, 0.5) is 0 Å². The summed E-state index contributed by atoms with van der Waals surface area (Å²) in [6.07, 6.45) is 1.67. The summed E-state index contributed by atoms with van der Waals surface area (Å²) in [6.45, 7) is 2.35. The van der Waals surface area contributed by atoms with Crippen LogP contribution in [-0.2, 0) is 17.9 Å². The van der Waals surface area contributed by atoms with Gasteiger partial charge in [0.25, 0.3) is 5.56 Å². The molecule has 1 aromatic carbocycles. The molecule has 0 radical (unpaired) electrons. The van der Waals surface area contributed by atoms with E-state index in [1.807, 2.05) is 31.2 Å². The van der Waals surface area contributed by atoms with Gasteiger partial charge in [0, 0.05) is 27.3 Å². The van der Waals surface area contributed by atoms with Crippen LogP contribution in [0.15, 0.2) is 47.4 Å². The molecule has 0 aliphatic rings. The molecular formula is C17H15ClN2O2S. The fourth-order valence-corrected chi connectivity index (χ4v) is 3.51. The molecule has 23 heavy (non-hydrogen) atoms. The molecule has 3 aromatic rings. The molecule has 0 fully saturated rings. The summed E-state index contributed by atoms with van der Waals surface area (Å²) in [7, 11) is 0. The lowest BCUT2D eigenvalue weighted by Crippen LogP contribution is -2.31. The number of benzene rings is 1. The smallest absolute Gasteiger partial charge is 0.259 e. The van der Waals surface area contributed by atoms with Gasteiger partial charge in [0.15, 0.2) is 0 Å². The van der Waals surface area contributed by atoms with Gasteiger partial charge in [0.1, 0.15) is 6.54 Å². The van der Waals surface area contributed by atoms with Gasteiger partial charge in [-0.3, -0.25) is 9.59 Å². The molecule has 2 heterocycles. The molecule has 4 nitrogen and oxygen atoms in total. The van der Waals surface area contributed by atoms with Crippen molar-refractivity contribution in [3.05, 3.63) is 68.4 Å². The standard InChI is InChI=1S/C17H15ClN2O2S/c1-11-7-14-15(23-11)5-6-20(17(14)22)10-16(21)19-9-12-3-2-4-13(18)8-12/h2-8H,9-10H2,1H3,(H,19,21). The fourth-order valence-electron chi connectivity index (χ4n) is 2.39. The monoisotopic (exact) mass is 346 g/mol. The summed E-state index contributed by atoms with van der Waals surface area (Å²) in [4.78, 5) is 25.5. The third kappa shape index (κ3) is 3.63. The van der Waals surface area contributed by atoms with E-state index < -0.39 is 0 Å². The van der Waals surface area contributed by atoms with Gasteiger partial charge in [-0.2, -0.15) is 0 Å². The van der Waals surface area contributed by atoms with Crippen molar-refractivity contribution in [1.82, 2.24) is 9.88 Å². The van der Waals surface area contributed by atoms with Crippen LogP contribution in [0.1, 0.15) is 10.4 Å². The number of pyridine rings is 1. The van der Waals surface area contributed by atoms with Crippen LogP contribution in [0, 0.1) is 6.92 Å². The molecule has 118 valence electrons. The van der Waals surface area contributed by atoms with Crippen molar-refractivity contribution in [2.24, 2.45) is 0 Å². The third-order valence-corrected chi connectivity index (χ3v) is 4.72. The second-order valence-corrected chi connectivity index (χ2v) is 7.01. The number of hydrogen-bond donors (Lipinski definition) is 1. The van der Waals surface area contributed by atoms with Crippen LogP contribution >= 0.6 is 22.9 Å². The van der Waals surface area contributed by atoms with E-state index in [0.717, 1.165) is 15.1 Å². The minimum atomic E-state index is -0.210. The SMILES string of the molecule is Cc1cc2c(=O)n(CC(=O)NCc3cccc(Cl)c3)ccc2s1. The Morgan fingerprint density at radius 3 is 2.91 bits per heavy atom. The molecular weight excluding hydrogens is 332 g/mol. The van der Waals surface area contributed by atoms with E-state index >= 15 is 0 Å². The number of rotatable bonds is 4. The lowest BCUT2D eigenvalue weighted by molar-refractivity contribution is -0.121. The molecule has 1 amide bonds. The highest BCUT2D eigenvalue weighted by Gasteiger charge is 2.09. The largest absolute Gasteiger partial charge is 0.350 e. The molecule has 0 bridgehead atoms. The lowest BCUT2D eigenvalue weighted by Gasteiger charge is -2.08. The average Bonchev–Trinajstić information content (AvgIpc) is 2.90. The van der Waals surface area contributed by atoms with E-state index in [0.29, 0.717) is 17.0 Å². The Kier molecular flexibility index (Phi) is 4.50. The van der Waals surface area contributed by atoms with Gasteiger partial charge >= 0.3 is 0 Å². The van der Waals surface area contributed by atoms with E-state index in [-0.39, 0.29) is 18.0 Å². The number of halogens is 1. The lowest BCUT2D eigenvalue weighted by atomic mass is 10.2. The summed E-state index contributed by atoms with van der Waals surface area (Å²) < 4.78 is 2.38. The summed E-state index contributed by atoms with van der Waals surface area (Å²) in [6, 6.07) is 11.0. The first kappa shape index (κ1) is 15.8. The predicted octanol–water partition coefficient (Wildman–Crippen LogP) is 3.34. The summed E-state index contributed by atoms with van der Waals surface area (Å²) in [5.74, 6) is -0.210. The molecule has 0 unspecified atom stereocenters. The van der Waals surface area contributed by atoms with Crippen molar-refractivity contribution in [3.8, 4) is 0 Å². The van der Waals surface area contributed by atoms with Gasteiger partial charge in [0.05, 0.1) is 5.39 Å². The first-order valence-electron chi connectivity index (χ1n) is 7.13. The zero-order chi connectivity index (χ0) is 16.4. The maximum Gasteiger partial charge on any atom is 0.259 e. The Hall–Kier alpha value is -2.11. The van der Waals surface area contributed by atoms with Crippen LogP contribution in [-0.4, -0.2) is 10.5 Å². The van der Waals surface area contributed by atoms with E-state index in [9.17, 15) is 9.59 Å². The molecule has 0 aliphatic heterocycles. The molecule has 0 saturated carbocycles. The van der Waals surface area contributed by atoms with E-state index in [4.69, 9.17) is 11.6 Å². The summed E-state index contributed by atoms with van der Waals surface area (Å²) in [5.41, 5.74) is 0.784. The normalized spacial score (nSPS) is 10.9. The van der Waals surface area contributed by atoms with Crippen LogP contribution in [0.3, 0.4) is 0 Å². The van der Waals surface area contributed by atoms with E-state index in [2.05, 4.69) is 5.32 Å². The first-order valence-corrected chi connectivity index (χ1v) is 8.33. The quantitative estimate of drug-likeness (QED) is 0.787. The summed E-state index contributed by atoms with van der Waals surface area (Å²) in [5, 5.41) is 4.10. The number of hydrogen-bond acceptors (Lipinski definition) is 3.